The monoisotopic (exact) mass is 357 g/mol. The number of amides is 2. The van der Waals surface area contributed by atoms with E-state index in [1.54, 1.807) is 25.1 Å². The third-order valence-corrected chi connectivity index (χ3v) is 4.26. The summed E-state index contributed by atoms with van der Waals surface area (Å²) in [6.45, 7) is 4.72. The molecule has 1 saturated heterocycles. The lowest BCUT2D eigenvalue weighted by Crippen LogP contribution is -2.42. The van der Waals surface area contributed by atoms with Gasteiger partial charge in [-0.05, 0) is 38.8 Å². The molecule has 0 radical (unpaired) electrons. The number of nitrogens with one attached hydrogen (secondary N) is 1. The fourth-order valence-electron chi connectivity index (χ4n) is 2.91. The Balaban J connectivity index is 1.70. The summed E-state index contributed by atoms with van der Waals surface area (Å²) in [5, 5.41) is 6.40. The molecule has 7 heteroatoms. The number of carbonyl (C=O) groups excluding carboxylic acids is 2. The van der Waals surface area contributed by atoms with E-state index in [0.29, 0.717) is 30.3 Å². The number of benzene rings is 1. The molecule has 2 aromatic rings. The Labute approximate surface area is 152 Å². The maximum Gasteiger partial charge on any atom is 0.254 e. The zero-order chi connectivity index (χ0) is 18.5. The van der Waals surface area contributed by atoms with Crippen LogP contribution in [0.5, 0.6) is 0 Å². The topological polar surface area (TPSA) is 84.7 Å². The van der Waals surface area contributed by atoms with E-state index < -0.39 is 0 Å². The van der Waals surface area contributed by atoms with E-state index in [9.17, 15) is 9.59 Å². The van der Waals surface area contributed by atoms with Crippen molar-refractivity contribution in [1.29, 1.82) is 0 Å². The van der Waals surface area contributed by atoms with Crippen LogP contribution in [0.15, 0.2) is 34.9 Å². The molecule has 1 atom stereocenters. The number of ether oxygens (including phenoxy) is 1. The highest BCUT2D eigenvalue weighted by molar-refractivity contribution is 5.99. The number of nitrogens with zero attached hydrogens (tertiary/aromatic N) is 2. The van der Waals surface area contributed by atoms with Gasteiger partial charge in [-0.25, -0.2) is 0 Å². The minimum absolute atomic E-state index is 0.0357. The minimum Gasteiger partial charge on any atom is -0.376 e. The summed E-state index contributed by atoms with van der Waals surface area (Å²) in [5.74, 6) is 0.434. The molecule has 1 aliphatic heterocycles. The van der Waals surface area contributed by atoms with Gasteiger partial charge < -0.3 is 19.5 Å². The van der Waals surface area contributed by atoms with Crippen molar-refractivity contribution < 1.29 is 18.8 Å². The van der Waals surface area contributed by atoms with Gasteiger partial charge in [0.2, 0.25) is 5.91 Å². The fraction of sp³-hybridized carbons (Fsp3) is 0.421. The smallest absolute Gasteiger partial charge is 0.254 e. The van der Waals surface area contributed by atoms with E-state index in [2.05, 4.69) is 10.5 Å². The van der Waals surface area contributed by atoms with Gasteiger partial charge in [0.1, 0.15) is 12.3 Å². The molecule has 1 N–H and O–H groups in total. The third-order valence-electron chi connectivity index (χ3n) is 4.26. The predicted octanol–water partition coefficient (Wildman–Crippen LogP) is 2.55. The molecule has 0 saturated carbocycles. The van der Waals surface area contributed by atoms with Crippen LogP contribution < -0.4 is 5.32 Å². The van der Waals surface area contributed by atoms with Crippen molar-refractivity contribution in [1.82, 2.24) is 10.1 Å². The van der Waals surface area contributed by atoms with Crippen molar-refractivity contribution in [2.45, 2.75) is 32.8 Å². The van der Waals surface area contributed by atoms with E-state index in [4.69, 9.17) is 9.26 Å². The first-order chi connectivity index (χ1) is 12.5. The summed E-state index contributed by atoms with van der Waals surface area (Å²) in [4.78, 5) is 26.8. The number of hydrogen-bond acceptors (Lipinski definition) is 5. The first kappa shape index (κ1) is 18.1. The van der Waals surface area contributed by atoms with E-state index in [0.717, 1.165) is 18.4 Å². The van der Waals surface area contributed by atoms with Crippen molar-refractivity contribution in [2.24, 2.45) is 0 Å². The van der Waals surface area contributed by atoms with E-state index in [-0.39, 0.29) is 24.5 Å². The molecule has 0 aliphatic carbocycles. The van der Waals surface area contributed by atoms with Crippen LogP contribution in [0.3, 0.4) is 0 Å². The first-order valence-corrected chi connectivity index (χ1v) is 8.72. The average Bonchev–Trinajstić information content (AvgIpc) is 3.26. The average molecular weight is 357 g/mol. The van der Waals surface area contributed by atoms with Crippen molar-refractivity contribution in [3.63, 3.8) is 0 Å². The third kappa shape index (κ3) is 4.70. The summed E-state index contributed by atoms with van der Waals surface area (Å²) in [6, 6.07) is 8.95. The lowest BCUT2D eigenvalue weighted by Gasteiger charge is -2.25. The molecule has 1 aliphatic rings. The van der Waals surface area contributed by atoms with Gasteiger partial charge in [0.05, 0.1) is 6.10 Å². The molecule has 2 heterocycles. The van der Waals surface area contributed by atoms with Gasteiger partial charge in [-0.2, -0.15) is 0 Å². The summed E-state index contributed by atoms with van der Waals surface area (Å²) >= 11 is 0. The van der Waals surface area contributed by atoms with Crippen LogP contribution in [-0.4, -0.2) is 47.7 Å². The molecule has 26 heavy (non-hydrogen) atoms. The lowest BCUT2D eigenvalue weighted by molar-refractivity contribution is -0.117. The number of anilines is 1. The standard InChI is InChI=1S/C19H23N3O4/c1-13-5-7-15(8-6-13)19(24)22(11-16-4-3-9-25-16)12-18(23)20-17-10-14(2)26-21-17/h5-8,10,16H,3-4,9,11-12H2,1-2H3,(H,20,21,23)/t16-/m0/s1. The lowest BCUT2D eigenvalue weighted by atomic mass is 10.1. The molecule has 1 aromatic heterocycles. The van der Waals surface area contributed by atoms with E-state index in [1.807, 2.05) is 19.1 Å². The SMILES string of the molecule is Cc1ccc(C(=O)N(CC(=O)Nc2cc(C)on2)C[C@@H]2CCCO2)cc1. The maximum atomic E-state index is 12.9. The highest BCUT2D eigenvalue weighted by Crippen LogP contribution is 2.16. The van der Waals surface area contributed by atoms with Gasteiger partial charge in [-0.1, -0.05) is 22.9 Å². The number of carbonyl (C=O) groups is 2. The Morgan fingerprint density at radius 3 is 2.65 bits per heavy atom. The predicted molar refractivity (Wildman–Crippen MR) is 95.9 cm³/mol. The molecule has 138 valence electrons. The minimum atomic E-state index is -0.322. The van der Waals surface area contributed by atoms with Crippen molar-refractivity contribution in [3.8, 4) is 0 Å². The van der Waals surface area contributed by atoms with Crippen LogP contribution in [0.1, 0.15) is 34.5 Å². The van der Waals surface area contributed by atoms with Gasteiger partial charge >= 0.3 is 0 Å². The molecule has 7 nitrogen and oxygen atoms in total. The summed E-state index contributed by atoms with van der Waals surface area (Å²) < 4.78 is 10.6. The molecule has 0 spiro atoms. The Kier molecular flexibility index (Phi) is 5.68. The van der Waals surface area contributed by atoms with Gasteiger partial charge in [-0.3, -0.25) is 9.59 Å². The highest BCUT2D eigenvalue weighted by Gasteiger charge is 2.25. The summed E-state index contributed by atoms with van der Waals surface area (Å²) in [7, 11) is 0. The molecule has 0 unspecified atom stereocenters. The Morgan fingerprint density at radius 2 is 2.04 bits per heavy atom. The van der Waals surface area contributed by atoms with Crippen molar-refractivity contribution in [3.05, 3.63) is 47.2 Å². The quantitative estimate of drug-likeness (QED) is 0.859. The number of aromatic nitrogens is 1. The normalized spacial score (nSPS) is 16.5. The van der Waals surface area contributed by atoms with Gasteiger partial charge in [0, 0.05) is 24.8 Å². The number of hydrogen-bond donors (Lipinski definition) is 1. The van der Waals surface area contributed by atoms with Crippen molar-refractivity contribution in [2.75, 3.05) is 25.0 Å². The Hall–Kier alpha value is -2.67. The second-order valence-electron chi connectivity index (χ2n) is 6.56. The van der Waals surface area contributed by atoms with E-state index in [1.165, 1.54) is 4.90 Å². The summed E-state index contributed by atoms with van der Waals surface area (Å²) in [6.07, 6.45) is 1.83. The van der Waals surface area contributed by atoms with Crippen LogP contribution in [0, 0.1) is 13.8 Å². The second-order valence-corrected chi connectivity index (χ2v) is 6.56. The van der Waals surface area contributed by atoms with E-state index >= 15 is 0 Å². The first-order valence-electron chi connectivity index (χ1n) is 8.72. The van der Waals surface area contributed by atoms with Crippen LogP contribution in [0.4, 0.5) is 5.82 Å². The maximum absolute atomic E-state index is 12.9. The summed E-state index contributed by atoms with van der Waals surface area (Å²) in [5.41, 5.74) is 1.63. The highest BCUT2D eigenvalue weighted by atomic mass is 16.5. The van der Waals surface area contributed by atoms with Gasteiger partial charge in [-0.15, -0.1) is 0 Å². The van der Waals surface area contributed by atoms with Gasteiger partial charge in [0.25, 0.3) is 5.91 Å². The second kappa shape index (κ2) is 8.14. The molecular formula is C19H23N3O4. The Bertz CT molecular complexity index is 763. The van der Waals surface area contributed by atoms with Crippen LogP contribution >= 0.6 is 0 Å². The van der Waals surface area contributed by atoms with Crippen LogP contribution in [0.25, 0.3) is 0 Å². The Morgan fingerprint density at radius 1 is 1.27 bits per heavy atom. The molecule has 3 rings (SSSR count). The van der Waals surface area contributed by atoms with Crippen LogP contribution in [-0.2, 0) is 9.53 Å². The molecule has 0 bridgehead atoms. The molecule has 1 aromatic carbocycles. The fourth-order valence-corrected chi connectivity index (χ4v) is 2.91. The van der Waals surface area contributed by atoms with Crippen LogP contribution in [0.2, 0.25) is 0 Å². The molecule has 2 amide bonds. The molecule has 1 fully saturated rings. The zero-order valence-corrected chi connectivity index (χ0v) is 15.0. The van der Waals surface area contributed by atoms with Gasteiger partial charge in [0.15, 0.2) is 5.82 Å². The molecular weight excluding hydrogens is 334 g/mol. The zero-order valence-electron chi connectivity index (χ0n) is 15.0. The largest absolute Gasteiger partial charge is 0.376 e. The number of rotatable bonds is 6. The number of aryl methyl sites for hydroxylation is 2. The van der Waals surface area contributed by atoms with Crippen molar-refractivity contribution >= 4 is 17.6 Å².